The minimum absolute atomic E-state index is 0.0551. The fourth-order valence-corrected chi connectivity index (χ4v) is 0.973. The summed E-state index contributed by atoms with van der Waals surface area (Å²) < 4.78 is 0. The monoisotopic (exact) mass is 186 g/mol. The molecule has 0 aromatic carbocycles. The summed E-state index contributed by atoms with van der Waals surface area (Å²) >= 11 is 0. The second kappa shape index (κ2) is 4.93. The number of hydrogen-bond donors (Lipinski definition) is 0. The molecule has 3 nitrogen and oxygen atoms in total. The summed E-state index contributed by atoms with van der Waals surface area (Å²) in [5.41, 5.74) is 1.15. The largest absolute Gasteiger partial charge is 0.293 e. The van der Waals surface area contributed by atoms with Crippen LogP contribution in [0.4, 0.5) is 0 Å². The van der Waals surface area contributed by atoms with Crippen molar-refractivity contribution in [2.75, 3.05) is 0 Å². The molecule has 0 N–H and O–H groups in total. The Labute approximate surface area is 82.7 Å². The van der Waals surface area contributed by atoms with E-state index in [4.69, 9.17) is 5.26 Å². The summed E-state index contributed by atoms with van der Waals surface area (Å²) in [6.45, 7) is 1.48. The topological polar surface area (TPSA) is 53.8 Å². The van der Waals surface area contributed by atoms with Crippen molar-refractivity contribution in [2.45, 2.75) is 13.3 Å². The third kappa shape index (κ3) is 2.83. The van der Waals surface area contributed by atoms with Crippen LogP contribution in [-0.2, 0) is 0 Å². The van der Waals surface area contributed by atoms with E-state index in [0.29, 0.717) is 17.8 Å². The van der Waals surface area contributed by atoms with Crippen LogP contribution in [0.5, 0.6) is 0 Å². The lowest BCUT2D eigenvalue weighted by Crippen LogP contribution is -1.96. The van der Waals surface area contributed by atoms with E-state index in [0.717, 1.165) is 0 Å². The molecule has 0 atom stereocenters. The lowest BCUT2D eigenvalue weighted by Gasteiger charge is -1.95. The summed E-state index contributed by atoms with van der Waals surface area (Å²) in [5.74, 6) is -0.0551. The van der Waals surface area contributed by atoms with Gasteiger partial charge in [-0.2, -0.15) is 5.26 Å². The van der Waals surface area contributed by atoms with Gasteiger partial charge in [0.2, 0.25) is 0 Å². The van der Waals surface area contributed by atoms with Gasteiger partial charge in [0, 0.05) is 6.92 Å². The maximum Gasteiger partial charge on any atom is 0.178 e. The highest BCUT2D eigenvalue weighted by Gasteiger charge is 1.99. The van der Waals surface area contributed by atoms with Gasteiger partial charge < -0.3 is 0 Å². The van der Waals surface area contributed by atoms with Gasteiger partial charge in [0.25, 0.3) is 0 Å². The molecule has 1 heterocycles. The molecule has 0 aliphatic rings. The molecule has 14 heavy (non-hydrogen) atoms. The van der Waals surface area contributed by atoms with Crippen molar-refractivity contribution >= 4 is 11.9 Å². The van der Waals surface area contributed by atoms with Gasteiger partial charge in [-0.3, -0.25) is 4.79 Å². The molecule has 1 rings (SSSR count). The van der Waals surface area contributed by atoms with Gasteiger partial charge in [-0.15, -0.1) is 0 Å². The molecule has 0 radical (unpaired) electrons. The van der Waals surface area contributed by atoms with E-state index in [1.165, 1.54) is 6.92 Å². The molecule has 0 unspecified atom stereocenters. The summed E-state index contributed by atoms with van der Waals surface area (Å²) in [6.07, 6.45) is 3.80. The normalized spacial score (nSPS) is 10.0. The zero-order chi connectivity index (χ0) is 10.4. The van der Waals surface area contributed by atoms with E-state index in [1.807, 2.05) is 6.07 Å². The predicted octanol–water partition coefficient (Wildman–Crippen LogP) is 2.21. The molecule has 0 aliphatic carbocycles. The van der Waals surface area contributed by atoms with E-state index >= 15 is 0 Å². The molecule has 1 aromatic heterocycles. The predicted molar refractivity (Wildman–Crippen MR) is 53.5 cm³/mol. The maximum absolute atomic E-state index is 11.0. The van der Waals surface area contributed by atoms with Gasteiger partial charge in [0.1, 0.15) is 5.69 Å². The number of allylic oxidation sites excluding steroid dienone is 1. The minimum Gasteiger partial charge on any atom is -0.293 e. The Hall–Kier alpha value is -1.95. The van der Waals surface area contributed by atoms with Crippen LogP contribution in [-0.4, -0.2) is 10.8 Å². The van der Waals surface area contributed by atoms with E-state index in [-0.39, 0.29) is 5.78 Å². The quantitative estimate of drug-likeness (QED) is 0.680. The number of rotatable bonds is 3. The van der Waals surface area contributed by atoms with Crippen molar-refractivity contribution < 1.29 is 4.79 Å². The van der Waals surface area contributed by atoms with Crippen LogP contribution in [0.3, 0.4) is 0 Å². The number of aromatic nitrogens is 1. The summed E-state index contributed by atoms with van der Waals surface area (Å²) in [7, 11) is 0. The van der Waals surface area contributed by atoms with Crippen LogP contribution in [0.25, 0.3) is 6.08 Å². The second-order valence-electron chi connectivity index (χ2n) is 2.77. The Morgan fingerprint density at radius 1 is 1.64 bits per heavy atom. The fraction of sp³-hybridized carbons (Fsp3) is 0.182. The van der Waals surface area contributed by atoms with Crippen molar-refractivity contribution in [3.05, 3.63) is 35.7 Å². The molecule has 0 amide bonds. The number of hydrogen-bond acceptors (Lipinski definition) is 3. The Morgan fingerprint density at radius 2 is 2.43 bits per heavy atom. The number of pyridine rings is 1. The van der Waals surface area contributed by atoms with Crippen molar-refractivity contribution in [1.82, 2.24) is 4.98 Å². The number of ketones is 1. The molecule has 70 valence electrons. The average Bonchev–Trinajstić information content (AvgIpc) is 2.19. The standard InChI is InChI=1S/C11H10N2O/c1-9(14)11-7-4-6-10(13-11)5-2-3-8-12/h2,4-7H,3H2,1H3. The molecule has 0 bridgehead atoms. The zero-order valence-electron chi connectivity index (χ0n) is 7.90. The molecule has 0 saturated carbocycles. The number of nitrogens with zero attached hydrogens (tertiary/aromatic N) is 2. The molecule has 1 aromatic rings. The van der Waals surface area contributed by atoms with Crippen LogP contribution in [0.15, 0.2) is 24.3 Å². The smallest absolute Gasteiger partial charge is 0.178 e. The number of carbonyl (C=O) groups excluding carboxylic acids is 1. The van der Waals surface area contributed by atoms with Crippen LogP contribution in [0.2, 0.25) is 0 Å². The molecule has 0 fully saturated rings. The Bertz CT molecular complexity index is 402. The maximum atomic E-state index is 11.0. The second-order valence-corrected chi connectivity index (χ2v) is 2.77. The van der Waals surface area contributed by atoms with E-state index in [2.05, 4.69) is 4.98 Å². The first-order valence-corrected chi connectivity index (χ1v) is 4.25. The van der Waals surface area contributed by atoms with Crippen molar-refractivity contribution in [3.63, 3.8) is 0 Å². The highest BCUT2D eigenvalue weighted by molar-refractivity contribution is 5.92. The summed E-state index contributed by atoms with van der Waals surface area (Å²) in [6, 6.07) is 7.23. The minimum atomic E-state index is -0.0551. The molecular weight excluding hydrogens is 176 g/mol. The highest BCUT2D eigenvalue weighted by Crippen LogP contribution is 2.02. The van der Waals surface area contributed by atoms with E-state index in [9.17, 15) is 4.79 Å². The third-order valence-corrected chi connectivity index (χ3v) is 1.63. The van der Waals surface area contributed by atoms with Gasteiger partial charge >= 0.3 is 0 Å². The molecule has 0 aliphatic heterocycles. The molecular formula is C11H10N2O. The van der Waals surface area contributed by atoms with Crippen LogP contribution < -0.4 is 0 Å². The average molecular weight is 186 g/mol. The number of Topliss-reactive ketones (excluding diaryl/α,β-unsaturated/α-hetero) is 1. The molecule has 0 saturated heterocycles. The zero-order valence-corrected chi connectivity index (χ0v) is 7.90. The van der Waals surface area contributed by atoms with Gasteiger partial charge in [-0.05, 0) is 18.2 Å². The fourth-order valence-electron chi connectivity index (χ4n) is 0.973. The van der Waals surface area contributed by atoms with Crippen molar-refractivity contribution in [1.29, 1.82) is 5.26 Å². The van der Waals surface area contributed by atoms with Crippen molar-refractivity contribution in [2.24, 2.45) is 0 Å². The van der Waals surface area contributed by atoms with Crippen LogP contribution in [0.1, 0.15) is 29.5 Å². The lowest BCUT2D eigenvalue weighted by atomic mass is 10.2. The Morgan fingerprint density at radius 3 is 3.07 bits per heavy atom. The van der Waals surface area contributed by atoms with Crippen LogP contribution >= 0.6 is 0 Å². The first kappa shape index (κ1) is 10.1. The Kier molecular flexibility index (Phi) is 3.57. The third-order valence-electron chi connectivity index (χ3n) is 1.63. The molecule has 0 spiro atoms. The first-order chi connectivity index (χ1) is 6.74. The lowest BCUT2D eigenvalue weighted by molar-refractivity contribution is 0.101. The highest BCUT2D eigenvalue weighted by atomic mass is 16.1. The SMILES string of the molecule is CC(=O)c1cccc(C=CCC#N)n1. The first-order valence-electron chi connectivity index (χ1n) is 4.25. The summed E-state index contributed by atoms with van der Waals surface area (Å²) in [5, 5.41) is 8.31. The van der Waals surface area contributed by atoms with Gasteiger partial charge in [-0.25, -0.2) is 4.98 Å². The number of nitriles is 1. The summed E-state index contributed by atoms with van der Waals surface area (Å²) in [4.78, 5) is 15.1. The van der Waals surface area contributed by atoms with Gasteiger partial charge in [-0.1, -0.05) is 12.1 Å². The van der Waals surface area contributed by atoms with Crippen LogP contribution in [0, 0.1) is 11.3 Å². The van der Waals surface area contributed by atoms with Crippen molar-refractivity contribution in [3.8, 4) is 6.07 Å². The van der Waals surface area contributed by atoms with E-state index in [1.54, 1.807) is 30.4 Å². The van der Waals surface area contributed by atoms with E-state index < -0.39 is 0 Å². The molecule has 3 heteroatoms. The van der Waals surface area contributed by atoms with Gasteiger partial charge in [0.05, 0.1) is 18.2 Å². The Balaban J connectivity index is 2.85. The number of carbonyl (C=O) groups is 1. The van der Waals surface area contributed by atoms with Gasteiger partial charge in [0.15, 0.2) is 5.78 Å².